The predicted octanol–water partition coefficient (Wildman–Crippen LogP) is 8.14. The Hall–Kier alpha value is -3.57. The first-order chi connectivity index (χ1) is 17.7. The highest BCUT2D eigenvalue weighted by molar-refractivity contribution is 9.10. The van der Waals surface area contributed by atoms with Crippen LogP contribution in [0.5, 0.6) is 5.75 Å². The van der Waals surface area contributed by atoms with Crippen LogP contribution in [-0.4, -0.2) is 10.9 Å². The normalized spacial score (nSPS) is 14.5. The summed E-state index contributed by atoms with van der Waals surface area (Å²) >= 11 is 3.46. The van der Waals surface area contributed by atoms with Crippen molar-refractivity contribution in [3.05, 3.63) is 130 Å². The molecule has 0 aliphatic heterocycles. The molecular formula is C31H29BrN2O2. The second kappa shape index (κ2) is 11.4. The Bertz CT molecular complexity index is 1310. The van der Waals surface area contributed by atoms with Gasteiger partial charge < -0.3 is 15.0 Å². The molecule has 1 aliphatic carbocycles. The van der Waals surface area contributed by atoms with Crippen molar-refractivity contribution in [3.8, 4) is 5.75 Å². The fourth-order valence-electron chi connectivity index (χ4n) is 4.78. The first-order valence-electron chi connectivity index (χ1n) is 12.3. The topological polar surface area (TPSA) is 41.6 Å². The molecule has 1 N–H and O–H groups in total. The third kappa shape index (κ3) is 5.97. The van der Waals surface area contributed by atoms with Crippen LogP contribution in [0.1, 0.15) is 41.1 Å². The summed E-state index contributed by atoms with van der Waals surface area (Å²) in [5, 5.41) is 3.11. The third-order valence-electron chi connectivity index (χ3n) is 6.57. The maximum atomic E-state index is 13.7. The molecule has 0 saturated carbocycles. The van der Waals surface area contributed by atoms with Crippen LogP contribution in [0.2, 0.25) is 0 Å². The number of nitrogens with one attached hydrogen (secondary N) is 1. The minimum Gasteiger partial charge on any atom is -0.489 e. The fraction of sp³-hybridized carbons (Fsp3) is 0.194. The number of rotatable bonds is 7. The van der Waals surface area contributed by atoms with Crippen molar-refractivity contribution in [2.24, 2.45) is 0 Å². The first kappa shape index (κ1) is 24.1. The van der Waals surface area contributed by atoms with Crippen LogP contribution in [-0.2, 0) is 19.6 Å². The molecule has 0 saturated heterocycles. The molecular weight excluding hydrogens is 512 g/mol. The van der Waals surface area contributed by atoms with Crippen LogP contribution in [0.25, 0.3) is 0 Å². The Kier molecular flexibility index (Phi) is 7.67. The van der Waals surface area contributed by atoms with Crippen molar-refractivity contribution in [1.29, 1.82) is 0 Å². The van der Waals surface area contributed by atoms with E-state index in [1.807, 2.05) is 65.6 Å². The lowest BCUT2D eigenvalue weighted by atomic mass is 9.86. The highest BCUT2D eigenvalue weighted by Crippen LogP contribution is 2.36. The second-order valence-electron chi connectivity index (χ2n) is 9.09. The number of fused-ring (bicyclic) bond motifs is 1. The van der Waals surface area contributed by atoms with Crippen LogP contribution >= 0.6 is 15.9 Å². The lowest BCUT2D eigenvalue weighted by molar-refractivity contribution is 0.175. The van der Waals surface area contributed by atoms with E-state index in [2.05, 4.69) is 63.7 Å². The van der Waals surface area contributed by atoms with Gasteiger partial charge in [-0.1, -0.05) is 82.7 Å². The molecule has 0 heterocycles. The molecule has 36 heavy (non-hydrogen) atoms. The number of aryl methyl sites for hydroxylation is 1. The lowest BCUT2D eigenvalue weighted by Gasteiger charge is -2.36. The molecule has 0 aromatic heterocycles. The van der Waals surface area contributed by atoms with Gasteiger partial charge in [0, 0.05) is 16.7 Å². The summed E-state index contributed by atoms with van der Waals surface area (Å²) in [5.41, 5.74) is 5.50. The summed E-state index contributed by atoms with van der Waals surface area (Å²) in [6, 6.07) is 34.3. The van der Waals surface area contributed by atoms with Gasteiger partial charge in [-0.25, -0.2) is 4.79 Å². The van der Waals surface area contributed by atoms with E-state index in [0.717, 1.165) is 46.3 Å². The Labute approximate surface area is 221 Å². The Morgan fingerprint density at radius 2 is 1.64 bits per heavy atom. The van der Waals surface area contributed by atoms with Gasteiger partial charge >= 0.3 is 6.03 Å². The first-order valence-corrected chi connectivity index (χ1v) is 13.1. The molecule has 4 nitrogen and oxygen atoms in total. The molecule has 0 fully saturated rings. The van der Waals surface area contributed by atoms with E-state index in [-0.39, 0.29) is 12.1 Å². The molecule has 4 aromatic rings. The number of carbonyl (C=O) groups is 1. The largest absolute Gasteiger partial charge is 0.489 e. The molecule has 4 aromatic carbocycles. The van der Waals surface area contributed by atoms with Crippen molar-refractivity contribution >= 4 is 27.6 Å². The van der Waals surface area contributed by atoms with Crippen LogP contribution in [0, 0.1) is 0 Å². The molecule has 5 rings (SSSR count). The number of hydrogen-bond donors (Lipinski definition) is 1. The Morgan fingerprint density at radius 3 is 2.47 bits per heavy atom. The van der Waals surface area contributed by atoms with Crippen LogP contribution < -0.4 is 10.1 Å². The van der Waals surface area contributed by atoms with Gasteiger partial charge in [-0.05, 0) is 77.9 Å². The van der Waals surface area contributed by atoms with Gasteiger partial charge in [0.05, 0.1) is 6.04 Å². The third-order valence-corrected chi connectivity index (χ3v) is 7.10. The molecule has 2 amide bonds. The average molecular weight is 541 g/mol. The van der Waals surface area contributed by atoms with E-state index in [0.29, 0.717) is 13.2 Å². The van der Waals surface area contributed by atoms with Crippen LogP contribution in [0.4, 0.5) is 10.5 Å². The van der Waals surface area contributed by atoms with E-state index < -0.39 is 0 Å². The lowest BCUT2D eigenvalue weighted by Crippen LogP contribution is -2.39. The highest BCUT2D eigenvalue weighted by Gasteiger charge is 2.29. The van der Waals surface area contributed by atoms with Gasteiger partial charge in [0.25, 0.3) is 0 Å². The highest BCUT2D eigenvalue weighted by atomic mass is 79.9. The maximum absolute atomic E-state index is 13.7. The fourth-order valence-corrected chi connectivity index (χ4v) is 5.04. The smallest absolute Gasteiger partial charge is 0.322 e. The minimum atomic E-state index is -0.102. The molecule has 1 unspecified atom stereocenters. The number of amides is 2. The molecule has 1 atom stereocenters. The second-order valence-corrected chi connectivity index (χ2v) is 10.0. The van der Waals surface area contributed by atoms with Gasteiger partial charge in [0.1, 0.15) is 12.4 Å². The number of halogens is 1. The van der Waals surface area contributed by atoms with Crippen LogP contribution in [0.3, 0.4) is 0 Å². The zero-order valence-corrected chi connectivity index (χ0v) is 21.7. The van der Waals surface area contributed by atoms with Crippen molar-refractivity contribution in [1.82, 2.24) is 4.90 Å². The zero-order valence-electron chi connectivity index (χ0n) is 20.1. The molecule has 1 aliphatic rings. The minimum absolute atomic E-state index is 0.0132. The monoisotopic (exact) mass is 540 g/mol. The van der Waals surface area contributed by atoms with Crippen molar-refractivity contribution < 1.29 is 9.53 Å². The number of carbonyl (C=O) groups excluding carboxylic acids is 1. The van der Waals surface area contributed by atoms with E-state index >= 15 is 0 Å². The summed E-state index contributed by atoms with van der Waals surface area (Å²) < 4.78 is 7.04. The van der Waals surface area contributed by atoms with E-state index in [4.69, 9.17) is 4.74 Å². The molecule has 5 heteroatoms. The number of nitrogens with zero attached hydrogens (tertiary/aromatic N) is 1. The van der Waals surface area contributed by atoms with Crippen molar-refractivity contribution in [2.45, 2.75) is 38.5 Å². The summed E-state index contributed by atoms with van der Waals surface area (Å²) in [6.45, 7) is 0.998. The summed E-state index contributed by atoms with van der Waals surface area (Å²) in [5.74, 6) is 0.800. The van der Waals surface area contributed by atoms with Gasteiger partial charge in [-0.2, -0.15) is 0 Å². The molecule has 0 spiro atoms. The predicted molar refractivity (Wildman–Crippen MR) is 148 cm³/mol. The number of urea groups is 1. The van der Waals surface area contributed by atoms with E-state index in [9.17, 15) is 4.79 Å². The SMILES string of the molecule is O=C(Nc1ccc(Br)cc1)N(Cc1cccc(OCc2ccccc2)c1)C1CCCc2ccccc21. The summed E-state index contributed by atoms with van der Waals surface area (Å²) in [7, 11) is 0. The number of benzene rings is 4. The standard InChI is InChI=1S/C31H29BrN2O2/c32-26-16-18-27(19-17-26)33-31(35)34(30-15-7-12-25-11-4-5-14-29(25)30)21-24-10-6-13-28(20-24)36-22-23-8-2-1-3-9-23/h1-6,8-11,13-14,16-20,30H,7,12,15,21-22H2,(H,33,35). The zero-order chi connectivity index (χ0) is 24.7. The van der Waals surface area contributed by atoms with Gasteiger partial charge in [-0.15, -0.1) is 0 Å². The Balaban J connectivity index is 1.39. The van der Waals surface area contributed by atoms with Crippen molar-refractivity contribution in [2.75, 3.05) is 5.32 Å². The van der Waals surface area contributed by atoms with Crippen molar-refractivity contribution in [3.63, 3.8) is 0 Å². The molecule has 0 radical (unpaired) electrons. The molecule has 0 bridgehead atoms. The average Bonchev–Trinajstić information content (AvgIpc) is 2.92. The van der Waals surface area contributed by atoms with E-state index in [1.54, 1.807) is 0 Å². The number of ether oxygens (including phenoxy) is 1. The Morgan fingerprint density at radius 1 is 0.889 bits per heavy atom. The molecule has 182 valence electrons. The van der Waals surface area contributed by atoms with Gasteiger partial charge in [-0.3, -0.25) is 0 Å². The summed E-state index contributed by atoms with van der Waals surface area (Å²) in [6.07, 6.45) is 3.05. The quantitative estimate of drug-likeness (QED) is 0.257. The van der Waals surface area contributed by atoms with Gasteiger partial charge in [0.15, 0.2) is 0 Å². The van der Waals surface area contributed by atoms with Crippen LogP contribution in [0.15, 0.2) is 108 Å². The summed E-state index contributed by atoms with van der Waals surface area (Å²) in [4.78, 5) is 15.6. The number of anilines is 1. The number of hydrogen-bond acceptors (Lipinski definition) is 2. The maximum Gasteiger partial charge on any atom is 0.322 e. The van der Waals surface area contributed by atoms with Gasteiger partial charge in [0.2, 0.25) is 0 Å². The van der Waals surface area contributed by atoms with E-state index in [1.165, 1.54) is 11.1 Å².